The highest BCUT2D eigenvalue weighted by molar-refractivity contribution is 5.96. The first-order valence-electron chi connectivity index (χ1n) is 9.21. The number of rotatable bonds is 6. The fraction of sp³-hybridized carbons (Fsp3) is 0.450. The molecule has 8 heteroatoms. The fourth-order valence-electron chi connectivity index (χ4n) is 3.04. The van der Waals surface area contributed by atoms with Crippen molar-refractivity contribution >= 4 is 24.0 Å². The SMILES string of the molecule is COc1cc(/C=C/C(=O)OCC(=O)NC(=O)N[C@H]2CCCC[C@@H]2C)ccc1O. The van der Waals surface area contributed by atoms with Crippen LogP contribution in [0.1, 0.15) is 38.2 Å². The topological polar surface area (TPSA) is 114 Å². The quantitative estimate of drug-likeness (QED) is 0.508. The lowest BCUT2D eigenvalue weighted by molar-refractivity contribution is -0.143. The number of amides is 3. The van der Waals surface area contributed by atoms with Crippen LogP contribution in [-0.2, 0) is 14.3 Å². The summed E-state index contributed by atoms with van der Waals surface area (Å²) >= 11 is 0. The second kappa shape index (κ2) is 10.3. The Morgan fingerprint density at radius 2 is 2.00 bits per heavy atom. The summed E-state index contributed by atoms with van der Waals surface area (Å²) in [6.07, 6.45) is 6.75. The van der Waals surface area contributed by atoms with E-state index in [1.165, 1.54) is 19.3 Å². The molecule has 0 bridgehead atoms. The second-order valence-corrected chi connectivity index (χ2v) is 6.76. The van der Waals surface area contributed by atoms with Crippen LogP contribution in [0.4, 0.5) is 4.79 Å². The average molecular weight is 390 g/mol. The van der Waals surface area contributed by atoms with E-state index < -0.39 is 24.5 Å². The molecule has 2 rings (SSSR count). The summed E-state index contributed by atoms with van der Waals surface area (Å²) in [5.41, 5.74) is 0.608. The van der Waals surface area contributed by atoms with E-state index in [1.54, 1.807) is 12.1 Å². The molecule has 1 aliphatic rings. The Kier molecular flexibility index (Phi) is 7.86. The number of aromatic hydroxyl groups is 1. The van der Waals surface area contributed by atoms with E-state index in [-0.39, 0.29) is 17.5 Å². The number of carbonyl (C=O) groups excluding carboxylic acids is 3. The number of ether oxygens (including phenoxy) is 2. The summed E-state index contributed by atoms with van der Waals surface area (Å²) in [7, 11) is 1.42. The molecule has 0 aliphatic heterocycles. The van der Waals surface area contributed by atoms with Crippen LogP contribution in [0.5, 0.6) is 11.5 Å². The maximum atomic E-state index is 11.9. The Morgan fingerprint density at radius 3 is 2.71 bits per heavy atom. The van der Waals surface area contributed by atoms with Crippen LogP contribution in [0.3, 0.4) is 0 Å². The number of nitrogens with one attached hydrogen (secondary N) is 2. The number of carbonyl (C=O) groups is 3. The molecule has 8 nitrogen and oxygen atoms in total. The summed E-state index contributed by atoms with van der Waals surface area (Å²) < 4.78 is 9.80. The minimum atomic E-state index is -0.733. The molecule has 0 unspecified atom stereocenters. The van der Waals surface area contributed by atoms with Gasteiger partial charge in [-0.3, -0.25) is 10.1 Å². The zero-order valence-electron chi connectivity index (χ0n) is 16.1. The molecule has 0 spiro atoms. The maximum absolute atomic E-state index is 11.9. The van der Waals surface area contributed by atoms with Gasteiger partial charge in [0.25, 0.3) is 5.91 Å². The van der Waals surface area contributed by atoms with Crippen LogP contribution in [0.15, 0.2) is 24.3 Å². The van der Waals surface area contributed by atoms with Crippen LogP contribution in [-0.4, -0.2) is 42.8 Å². The molecule has 3 amide bonds. The average Bonchev–Trinajstić information content (AvgIpc) is 2.67. The maximum Gasteiger partial charge on any atom is 0.331 e. The molecule has 1 fully saturated rings. The molecule has 3 N–H and O–H groups in total. The Morgan fingerprint density at radius 1 is 1.25 bits per heavy atom. The van der Waals surface area contributed by atoms with E-state index in [0.29, 0.717) is 11.5 Å². The molecule has 1 aromatic rings. The first-order chi connectivity index (χ1) is 13.4. The predicted molar refractivity (Wildman–Crippen MR) is 103 cm³/mol. The zero-order chi connectivity index (χ0) is 20.5. The number of hydrogen-bond donors (Lipinski definition) is 3. The van der Waals surface area contributed by atoms with Gasteiger partial charge in [0.15, 0.2) is 18.1 Å². The van der Waals surface area contributed by atoms with Gasteiger partial charge in [0.2, 0.25) is 0 Å². The third kappa shape index (κ3) is 6.61. The lowest BCUT2D eigenvalue weighted by Gasteiger charge is -2.29. The van der Waals surface area contributed by atoms with Gasteiger partial charge in [-0.1, -0.05) is 25.8 Å². The van der Waals surface area contributed by atoms with Crippen molar-refractivity contribution in [2.45, 2.75) is 38.6 Å². The number of esters is 1. The van der Waals surface area contributed by atoms with Crippen molar-refractivity contribution < 1.29 is 29.0 Å². The molecule has 152 valence electrons. The normalized spacial score (nSPS) is 19.1. The summed E-state index contributed by atoms with van der Waals surface area (Å²) in [6.45, 7) is 1.51. The van der Waals surface area contributed by atoms with Crippen LogP contribution < -0.4 is 15.4 Å². The van der Waals surface area contributed by atoms with Crippen LogP contribution in [0.2, 0.25) is 0 Å². The molecule has 0 radical (unpaired) electrons. The van der Waals surface area contributed by atoms with E-state index in [2.05, 4.69) is 17.6 Å². The highest BCUT2D eigenvalue weighted by Gasteiger charge is 2.23. The summed E-state index contributed by atoms with van der Waals surface area (Å²) in [4.78, 5) is 35.4. The largest absolute Gasteiger partial charge is 0.504 e. The van der Waals surface area contributed by atoms with Crippen molar-refractivity contribution in [1.29, 1.82) is 0 Å². The van der Waals surface area contributed by atoms with Crippen molar-refractivity contribution in [1.82, 2.24) is 10.6 Å². The van der Waals surface area contributed by atoms with Gasteiger partial charge in [-0.25, -0.2) is 9.59 Å². The minimum Gasteiger partial charge on any atom is -0.504 e. The number of urea groups is 1. The molecule has 1 aromatic carbocycles. The summed E-state index contributed by atoms with van der Waals surface area (Å²) in [5.74, 6) is -0.804. The first-order valence-corrected chi connectivity index (χ1v) is 9.21. The van der Waals surface area contributed by atoms with E-state index in [1.807, 2.05) is 0 Å². The van der Waals surface area contributed by atoms with Crippen molar-refractivity contribution in [3.63, 3.8) is 0 Å². The van der Waals surface area contributed by atoms with Gasteiger partial charge in [-0.15, -0.1) is 0 Å². The van der Waals surface area contributed by atoms with E-state index in [4.69, 9.17) is 9.47 Å². The molecular formula is C20H26N2O6. The highest BCUT2D eigenvalue weighted by atomic mass is 16.5. The molecule has 28 heavy (non-hydrogen) atoms. The third-order valence-electron chi connectivity index (χ3n) is 4.64. The minimum absolute atomic E-state index is 0.0141. The lowest BCUT2D eigenvalue weighted by Crippen LogP contribution is -2.48. The fourth-order valence-corrected chi connectivity index (χ4v) is 3.04. The molecule has 0 aromatic heterocycles. The van der Waals surface area contributed by atoms with Crippen molar-refractivity contribution in [3.8, 4) is 11.5 Å². The van der Waals surface area contributed by atoms with Crippen LogP contribution >= 0.6 is 0 Å². The van der Waals surface area contributed by atoms with E-state index >= 15 is 0 Å². The molecule has 1 saturated carbocycles. The molecule has 0 saturated heterocycles. The van der Waals surface area contributed by atoms with Crippen LogP contribution in [0.25, 0.3) is 6.08 Å². The van der Waals surface area contributed by atoms with Crippen molar-refractivity contribution in [2.75, 3.05) is 13.7 Å². The molecule has 1 aliphatic carbocycles. The lowest BCUT2D eigenvalue weighted by atomic mass is 9.86. The van der Waals surface area contributed by atoms with E-state index in [0.717, 1.165) is 31.8 Å². The first kappa shape index (κ1) is 21.3. The predicted octanol–water partition coefficient (Wildman–Crippen LogP) is 2.36. The summed E-state index contributed by atoms with van der Waals surface area (Å²) in [6, 6.07) is 4.04. The van der Waals surface area contributed by atoms with Gasteiger partial charge in [-0.2, -0.15) is 0 Å². The Labute approximate surface area is 163 Å². The van der Waals surface area contributed by atoms with Gasteiger partial charge >= 0.3 is 12.0 Å². The molecule has 0 heterocycles. The van der Waals surface area contributed by atoms with Gasteiger partial charge in [-0.05, 0) is 42.5 Å². The van der Waals surface area contributed by atoms with Crippen LogP contribution in [0, 0.1) is 5.92 Å². The Hall–Kier alpha value is -3.03. The van der Waals surface area contributed by atoms with Gasteiger partial charge in [0, 0.05) is 12.1 Å². The number of methoxy groups -OCH3 is 1. The summed E-state index contributed by atoms with van der Waals surface area (Å²) in [5, 5.41) is 14.5. The number of hydrogen-bond acceptors (Lipinski definition) is 6. The van der Waals surface area contributed by atoms with E-state index in [9.17, 15) is 19.5 Å². The van der Waals surface area contributed by atoms with Crippen molar-refractivity contribution in [3.05, 3.63) is 29.8 Å². The van der Waals surface area contributed by atoms with Gasteiger partial charge < -0.3 is 19.9 Å². The van der Waals surface area contributed by atoms with Gasteiger partial charge in [0.1, 0.15) is 0 Å². The number of phenolic OH excluding ortho intramolecular Hbond substituents is 1. The highest BCUT2D eigenvalue weighted by Crippen LogP contribution is 2.26. The monoisotopic (exact) mass is 390 g/mol. The Bertz CT molecular complexity index is 746. The number of phenols is 1. The standard InChI is InChI=1S/C20H26N2O6/c1-13-5-3-4-6-15(13)21-20(26)22-18(24)12-28-19(25)10-8-14-7-9-16(23)17(11-14)27-2/h7-11,13,15,23H,3-6,12H2,1-2H3,(H2,21,22,24,26)/b10-8+/t13-,15-/m0/s1. The van der Waals surface area contributed by atoms with Gasteiger partial charge in [0.05, 0.1) is 7.11 Å². The molecular weight excluding hydrogens is 364 g/mol. The molecule has 2 atom stereocenters. The third-order valence-corrected chi connectivity index (χ3v) is 4.64. The Balaban J connectivity index is 1.74. The number of benzene rings is 1. The number of imide groups is 1. The second-order valence-electron chi connectivity index (χ2n) is 6.76. The smallest absolute Gasteiger partial charge is 0.331 e. The zero-order valence-corrected chi connectivity index (χ0v) is 16.1. The van der Waals surface area contributed by atoms with Crippen molar-refractivity contribution in [2.24, 2.45) is 5.92 Å².